The van der Waals surface area contributed by atoms with Gasteiger partial charge < -0.3 is 15.2 Å². The van der Waals surface area contributed by atoms with Gasteiger partial charge in [-0.25, -0.2) is 4.39 Å². The summed E-state index contributed by atoms with van der Waals surface area (Å²) < 4.78 is 23.9. The van der Waals surface area contributed by atoms with Crippen molar-refractivity contribution in [2.75, 3.05) is 19.8 Å². The standard InChI is InChI=1S/C11H12FNO2/c12-9-6-8(2-1-3-13)7-10-11(9)15-5-4-14-10/h1-2,6-7H,3-5,13H2/b2-1+. The van der Waals surface area contributed by atoms with Crippen LogP contribution in [-0.4, -0.2) is 19.8 Å². The van der Waals surface area contributed by atoms with E-state index in [0.29, 0.717) is 25.5 Å². The summed E-state index contributed by atoms with van der Waals surface area (Å²) in [6.45, 7) is 1.27. The molecule has 1 aromatic rings. The van der Waals surface area contributed by atoms with E-state index in [9.17, 15) is 4.39 Å². The smallest absolute Gasteiger partial charge is 0.197 e. The molecule has 3 nitrogen and oxygen atoms in total. The Labute approximate surface area is 87.3 Å². The monoisotopic (exact) mass is 209 g/mol. The van der Waals surface area contributed by atoms with Crippen LogP contribution in [0.3, 0.4) is 0 Å². The van der Waals surface area contributed by atoms with Gasteiger partial charge in [0.1, 0.15) is 13.2 Å². The van der Waals surface area contributed by atoms with E-state index >= 15 is 0 Å². The maximum Gasteiger partial charge on any atom is 0.197 e. The van der Waals surface area contributed by atoms with Crippen LogP contribution in [0.2, 0.25) is 0 Å². The molecule has 0 saturated heterocycles. The molecule has 0 unspecified atom stereocenters. The van der Waals surface area contributed by atoms with Crippen LogP contribution in [0.5, 0.6) is 11.5 Å². The molecule has 2 N–H and O–H groups in total. The molecular weight excluding hydrogens is 197 g/mol. The lowest BCUT2D eigenvalue weighted by Gasteiger charge is -2.19. The molecule has 0 radical (unpaired) electrons. The summed E-state index contributed by atoms with van der Waals surface area (Å²) in [5.74, 6) is 0.257. The molecule has 1 heterocycles. The SMILES string of the molecule is NC/C=C/c1cc(F)c2c(c1)OCCO2. The van der Waals surface area contributed by atoms with Gasteiger partial charge >= 0.3 is 0 Å². The lowest BCUT2D eigenvalue weighted by molar-refractivity contribution is 0.164. The van der Waals surface area contributed by atoms with Crippen molar-refractivity contribution >= 4 is 6.08 Å². The first kappa shape index (κ1) is 9.98. The summed E-state index contributed by atoms with van der Waals surface area (Å²) in [7, 11) is 0. The van der Waals surface area contributed by atoms with Gasteiger partial charge in [0.25, 0.3) is 0 Å². The molecule has 80 valence electrons. The first-order chi connectivity index (χ1) is 7.31. The molecule has 0 fully saturated rings. The van der Waals surface area contributed by atoms with Crippen molar-refractivity contribution < 1.29 is 13.9 Å². The third-order valence-corrected chi connectivity index (χ3v) is 2.07. The first-order valence-corrected chi connectivity index (χ1v) is 4.77. The molecule has 0 saturated carbocycles. The Balaban J connectivity index is 2.36. The van der Waals surface area contributed by atoms with Gasteiger partial charge in [0.15, 0.2) is 17.3 Å². The molecule has 0 aromatic heterocycles. The van der Waals surface area contributed by atoms with Gasteiger partial charge in [-0.3, -0.25) is 0 Å². The van der Waals surface area contributed by atoms with E-state index in [4.69, 9.17) is 15.2 Å². The zero-order valence-electron chi connectivity index (χ0n) is 8.20. The second-order valence-electron chi connectivity index (χ2n) is 3.16. The van der Waals surface area contributed by atoms with Crippen LogP contribution in [0, 0.1) is 5.82 Å². The minimum atomic E-state index is -0.399. The van der Waals surface area contributed by atoms with E-state index < -0.39 is 5.82 Å². The fourth-order valence-electron chi connectivity index (χ4n) is 1.43. The van der Waals surface area contributed by atoms with E-state index in [1.807, 2.05) is 0 Å². The first-order valence-electron chi connectivity index (χ1n) is 4.77. The Morgan fingerprint density at radius 2 is 2.13 bits per heavy atom. The molecule has 0 atom stereocenters. The zero-order valence-corrected chi connectivity index (χ0v) is 8.20. The molecule has 1 aliphatic rings. The molecule has 0 bridgehead atoms. The number of ether oxygens (including phenoxy) is 2. The van der Waals surface area contributed by atoms with Crippen LogP contribution in [0.25, 0.3) is 6.08 Å². The summed E-state index contributed by atoms with van der Waals surface area (Å²) in [6, 6.07) is 3.14. The van der Waals surface area contributed by atoms with Crippen LogP contribution >= 0.6 is 0 Å². The Morgan fingerprint density at radius 1 is 1.33 bits per heavy atom. The van der Waals surface area contributed by atoms with Crippen molar-refractivity contribution in [2.45, 2.75) is 0 Å². The normalized spacial score (nSPS) is 14.5. The van der Waals surface area contributed by atoms with Crippen molar-refractivity contribution in [2.24, 2.45) is 5.73 Å². The molecule has 4 heteroatoms. The minimum absolute atomic E-state index is 0.200. The highest BCUT2D eigenvalue weighted by Crippen LogP contribution is 2.34. The summed E-state index contributed by atoms with van der Waals surface area (Å²) in [5.41, 5.74) is 6.04. The van der Waals surface area contributed by atoms with Gasteiger partial charge in [-0.1, -0.05) is 12.2 Å². The topological polar surface area (TPSA) is 44.5 Å². The van der Waals surface area contributed by atoms with Crippen LogP contribution in [0.4, 0.5) is 4.39 Å². The molecule has 1 aromatic carbocycles. The fraction of sp³-hybridized carbons (Fsp3) is 0.273. The Hall–Kier alpha value is -1.55. The van der Waals surface area contributed by atoms with Gasteiger partial charge in [-0.2, -0.15) is 0 Å². The highest BCUT2D eigenvalue weighted by Gasteiger charge is 2.16. The quantitative estimate of drug-likeness (QED) is 0.804. The van der Waals surface area contributed by atoms with Crippen molar-refractivity contribution in [3.05, 3.63) is 29.6 Å². The predicted octanol–water partition coefficient (Wildman–Crippen LogP) is 1.57. The number of benzene rings is 1. The molecule has 15 heavy (non-hydrogen) atoms. The van der Waals surface area contributed by atoms with Crippen LogP contribution in [0.15, 0.2) is 18.2 Å². The lowest BCUT2D eigenvalue weighted by Crippen LogP contribution is -2.16. The van der Waals surface area contributed by atoms with E-state index in [0.717, 1.165) is 5.56 Å². The van der Waals surface area contributed by atoms with Crippen molar-refractivity contribution in [3.8, 4) is 11.5 Å². The Kier molecular flexibility index (Phi) is 2.87. The van der Waals surface area contributed by atoms with E-state index in [1.54, 1.807) is 18.2 Å². The maximum atomic E-state index is 13.5. The van der Waals surface area contributed by atoms with Crippen LogP contribution in [0.1, 0.15) is 5.56 Å². The number of hydrogen-bond donors (Lipinski definition) is 1. The molecule has 0 spiro atoms. The predicted molar refractivity (Wildman–Crippen MR) is 55.5 cm³/mol. The summed E-state index contributed by atoms with van der Waals surface area (Å²) in [6.07, 6.45) is 3.51. The van der Waals surface area contributed by atoms with Crippen LogP contribution in [-0.2, 0) is 0 Å². The average molecular weight is 209 g/mol. The number of halogens is 1. The van der Waals surface area contributed by atoms with Crippen LogP contribution < -0.4 is 15.2 Å². The van der Waals surface area contributed by atoms with E-state index in [1.165, 1.54) is 6.07 Å². The van der Waals surface area contributed by atoms with E-state index in [2.05, 4.69) is 0 Å². The second-order valence-corrected chi connectivity index (χ2v) is 3.16. The Morgan fingerprint density at radius 3 is 2.93 bits per heavy atom. The number of rotatable bonds is 2. The molecule has 1 aliphatic heterocycles. The molecule has 0 amide bonds. The number of fused-ring (bicyclic) bond motifs is 1. The second kappa shape index (κ2) is 4.31. The summed E-state index contributed by atoms with van der Waals surface area (Å²) >= 11 is 0. The van der Waals surface area contributed by atoms with Gasteiger partial charge in [-0.05, 0) is 17.7 Å². The number of hydrogen-bond acceptors (Lipinski definition) is 3. The lowest BCUT2D eigenvalue weighted by atomic mass is 10.1. The van der Waals surface area contributed by atoms with E-state index in [-0.39, 0.29) is 5.75 Å². The highest BCUT2D eigenvalue weighted by atomic mass is 19.1. The highest BCUT2D eigenvalue weighted by molar-refractivity contribution is 5.56. The van der Waals surface area contributed by atoms with Crippen molar-refractivity contribution in [1.29, 1.82) is 0 Å². The zero-order chi connectivity index (χ0) is 10.7. The third-order valence-electron chi connectivity index (χ3n) is 2.07. The van der Waals surface area contributed by atoms with Gasteiger partial charge in [0, 0.05) is 6.54 Å². The van der Waals surface area contributed by atoms with Gasteiger partial charge in [0.05, 0.1) is 0 Å². The molecular formula is C11H12FNO2. The van der Waals surface area contributed by atoms with Crippen molar-refractivity contribution in [3.63, 3.8) is 0 Å². The molecule has 2 rings (SSSR count). The average Bonchev–Trinajstić information content (AvgIpc) is 2.26. The van der Waals surface area contributed by atoms with Gasteiger partial charge in [-0.15, -0.1) is 0 Å². The van der Waals surface area contributed by atoms with Crippen molar-refractivity contribution in [1.82, 2.24) is 0 Å². The molecule has 0 aliphatic carbocycles. The largest absolute Gasteiger partial charge is 0.486 e. The summed E-state index contributed by atoms with van der Waals surface area (Å²) in [4.78, 5) is 0. The van der Waals surface area contributed by atoms with Gasteiger partial charge in [0.2, 0.25) is 0 Å². The minimum Gasteiger partial charge on any atom is -0.486 e. The maximum absolute atomic E-state index is 13.5. The summed E-state index contributed by atoms with van der Waals surface area (Å²) in [5, 5.41) is 0. The fourth-order valence-corrected chi connectivity index (χ4v) is 1.43. The number of nitrogens with two attached hydrogens (primary N) is 1. The third kappa shape index (κ3) is 2.10. The Bertz CT molecular complexity index is 390.